The molecule has 0 bridgehead atoms. The Morgan fingerprint density at radius 1 is 1.06 bits per heavy atom. The van der Waals surface area contributed by atoms with E-state index < -0.39 is 0 Å². The number of ether oxygens (including phenoxy) is 2. The second-order valence-electron chi connectivity index (χ2n) is 7.35. The van der Waals surface area contributed by atoms with E-state index in [1.54, 1.807) is 0 Å². The van der Waals surface area contributed by atoms with Crippen LogP contribution in [0, 0.1) is 0 Å². The molecule has 9 heteroatoms. The van der Waals surface area contributed by atoms with E-state index in [4.69, 9.17) is 14.5 Å². The van der Waals surface area contributed by atoms with Gasteiger partial charge in [-0.1, -0.05) is 12.1 Å². The minimum absolute atomic E-state index is 0. The molecular formula is C24H35IN6O2. The fourth-order valence-corrected chi connectivity index (χ4v) is 3.43. The van der Waals surface area contributed by atoms with Crippen LogP contribution in [-0.4, -0.2) is 46.9 Å². The normalized spacial score (nSPS) is 12.2. The number of halogens is 1. The van der Waals surface area contributed by atoms with E-state index >= 15 is 0 Å². The quantitative estimate of drug-likeness (QED) is 0.155. The summed E-state index contributed by atoms with van der Waals surface area (Å²) in [4.78, 5) is 4.75. The largest absolute Gasteiger partial charge is 0.490 e. The Morgan fingerprint density at radius 3 is 2.61 bits per heavy atom. The van der Waals surface area contributed by atoms with Gasteiger partial charge in [-0.15, -0.1) is 34.2 Å². The maximum atomic E-state index is 5.77. The van der Waals surface area contributed by atoms with Crippen LogP contribution in [0.15, 0.2) is 47.6 Å². The number of aromatic nitrogens is 3. The standard InChI is InChI=1S/C24H34N6O2.HI/c1-5-25-24(26-15-10-12-23-29-28-22-11-8-9-16-30(22)23)27-18(4)19-13-14-20(31-6-2)21(17-19)32-7-3;/h8-9,11,13-14,16-18H,5-7,10,12,15H2,1-4H3,(H2,25,26,27);1H. The van der Waals surface area contributed by atoms with E-state index in [9.17, 15) is 0 Å². The molecule has 2 N–H and O–H groups in total. The third-order valence-corrected chi connectivity index (χ3v) is 4.98. The summed E-state index contributed by atoms with van der Waals surface area (Å²) >= 11 is 0. The Hall–Kier alpha value is -2.56. The van der Waals surface area contributed by atoms with Crippen molar-refractivity contribution < 1.29 is 9.47 Å². The molecule has 2 heterocycles. The van der Waals surface area contributed by atoms with E-state index in [0.29, 0.717) is 19.8 Å². The smallest absolute Gasteiger partial charge is 0.191 e. The topological polar surface area (TPSA) is 85.1 Å². The van der Waals surface area contributed by atoms with Gasteiger partial charge in [-0.25, -0.2) is 0 Å². The summed E-state index contributed by atoms with van der Waals surface area (Å²) in [5.74, 6) is 3.28. The molecule has 0 saturated heterocycles. The first kappa shape index (κ1) is 26.7. The minimum atomic E-state index is 0. The molecule has 3 rings (SSSR count). The molecule has 1 aromatic carbocycles. The number of aryl methyl sites for hydroxylation is 1. The van der Waals surface area contributed by atoms with Gasteiger partial charge in [0.15, 0.2) is 23.1 Å². The first-order chi connectivity index (χ1) is 15.7. The Morgan fingerprint density at radius 2 is 1.85 bits per heavy atom. The lowest BCUT2D eigenvalue weighted by Crippen LogP contribution is -2.38. The molecule has 8 nitrogen and oxygen atoms in total. The number of nitrogens with zero attached hydrogens (tertiary/aromatic N) is 4. The highest BCUT2D eigenvalue weighted by atomic mass is 127. The van der Waals surface area contributed by atoms with Gasteiger partial charge in [-0.05, 0) is 63.9 Å². The molecule has 33 heavy (non-hydrogen) atoms. The van der Waals surface area contributed by atoms with E-state index in [1.807, 2.05) is 54.8 Å². The molecule has 0 amide bonds. The van der Waals surface area contributed by atoms with Crippen molar-refractivity contribution >= 4 is 35.6 Å². The molecule has 0 radical (unpaired) electrons. The van der Waals surface area contributed by atoms with E-state index in [1.165, 1.54) is 0 Å². The summed E-state index contributed by atoms with van der Waals surface area (Å²) in [6.07, 6.45) is 3.70. The number of benzene rings is 1. The summed E-state index contributed by atoms with van der Waals surface area (Å²) in [6.45, 7) is 10.8. The first-order valence-electron chi connectivity index (χ1n) is 11.4. The van der Waals surface area contributed by atoms with Crippen LogP contribution >= 0.6 is 24.0 Å². The average Bonchev–Trinajstić information content (AvgIpc) is 3.21. The summed E-state index contributed by atoms with van der Waals surface area (Å²) < 4.78 is 13.5. The number of nitrogens with one attached hydrogen (secondary N) is 2. The molecule has 2 aromatic heterocycles. The van der Waals surface area contributed by atoms with E-state index in [-0.39, 0.29) is 30.0 Å². The van der Waals surface area contributed by atoms with Gasteiger partial charge in [0.1, 0.15) is 5.82 Å². The number of rotatable bonds is 11. The molecule has 0 spiro atoms. The zero-order valence-electron chi connectivity index (χ0n) is 19.9. The van der Waals surface area contributed by atoms with Gasteiger partial charge < -0.3 is 20.1 Å². The van der Waals surface area contributed by atoms with Crippen molar-refractivity contribution in [1.29, 1.82) is 0 Å². The average molecular weight is 566 g/mol. The molecule has 0 saturated carbocycles. The molecule has 0 fully saturated rings. The lowest BCUT2D eigenvalue weighted by molar-refractivity contribution is 0.287. The lowest BCUT2D eigenvalue weighted by atomic mass is 10.1. The van der Waals surface area contributed by atoms with Crippen LogP contribution in [0.2, 0.25) is 0 Å². The van der Waals surface area contributed by atoms with Crippen molar-refractivity contribution in [2.75, 3.05) is 26.3 Å². The van der Waals surface area contributed by atoms with Crippen LogP contribution < -0.4 is 20.1 Å². The SMILES string of the molecule is CCNC(=NCCCc1nnc2ccccn12)NC(C)c1ccc(OCC)c(OCC)c1.I. The van der Waals surface area contributed by atoms with E-state index in [2.05, 4.69) is 40.7 Å². The molecular weight excluding hydrogens is 531 g/mol. The van der Waals surface area contributed by atoms with Crippen molar-refractivity contribution in [3.63, 3.8) is 0 Å². The summed E-state index contributed by atoms with van der Waals surface area (Å²) in [7, 11) is 0. The van der Waals surface area contributed by atoms with Crippen LogP contribution in [0.1, 0.15) is 51.5 Å². The second kappa shape index (κ2) is 13.9. The fourth-order valence-electron chi connectivity index (χ4n) is 3.43. The van der Waals surface area contributed by atoms with Crippen LogP contribution in [0.25, 0.3) is 5.65 Å². The van der Waals surface area contributed by atoms with Crippen LogP contribution in [0.3, 0.4) is 0 Å². The number of fused-ring (bicyclic) bond motifs is 1. The Kier molecular flexibility index (Phi) is 11.2. The minimum Gasteiger partial charge on any atom is -0.490 e. The van der Waals surface area contributed by atoms with Gasteiger partial charge in [0.25, 0.3) is 0 Å². The van der Waals surface area contributed by atoms with Crippen molar-refractivity contribution in [2.24, 2.45) is 4.99 Å². The van der Waals surface area contributed by atoms with Crippen molar-refractivity contribution in [2.45, 2.75) is 46.6 Å². The Balaban J connectivity index is 0.00000385. The van der Waals surface area contributed by atoms with Crippen molar-refractivity contribution in [1.82, 2.24) is 25.2 Å². The molecule has 0 aliphatic carbocycles. The number of guanidine groups is 1. The van der Waals surface area contributed by atoms with Gasteiger partial charge >= 0.3 is 0 Å². The Bertz CT molecular complexity index is 1020. The van der Waals surface area contributed by atoms with Gasteiger partial charge in [-0.2, -0.15) is 0 Å². The number of hydrogen-bond acceptors (Lipinski definition) is 5. The third-order valence-electron chi connectivity index (χ3n) is 4.98. The molecule has 1 unspecified atom stereocenters. The fraction of sp³-hybridized carbons (Fsp3) is 0.458. The van der Waals surface area contributed by atoms with Gasteiger partial charge in [-0.3, -0.25) is 9.39 Å². The third kappa shape index (κ3) is 7.48. The van der Waals surface area contributed by atoms with E-state index in [0.717, 1.165) is 53.9 Å². The monoisotopic (exact) mass is 566 g/mol. The number of hydrogen-bond donors (Lipinski definition) is 2. The zero-order valence-corrected chi connectivity index (χ0v) is 22.2. The van der Waals surface area contributed by atoms with Gasteiger partial charge in [0.05, 0.1) is 19.3 Å². The molecule has 0 aliphatic heterocycles. The summed E-state index contributed by atoms with van der Waals surface area (Å²) in [5.41, 5.74) is 1.98. The molecule has 1 atom stereocenters. The predicted molar refractivity (Wildman–Crippen MR) is 143 cm³/mol. The maximum absolute atomic E-state index is 5.77. The van der Waals surface area contributed by atoms with Crippen LogP contribution in [-0.2, 0) is 6.42 Å². The van der Waals surface area contributed by atoms with Gasteiger partial charge in [0.2, 0.25) is 0 Å². The molecule has 180 valence electrons. The first-order valence-corrected chi connectivity index (χ1v) is 11.4. The lowest BCUT2D eigenvalue weighted by Gasteiger charge is -2.20. The van der Waals surface area contributed by atoms with Gasteiger partial charge in [0, 0.05) is 25.7 Å². The highest BCUT2D eigenvalue weighted by Gasteiger charge is 2.12. The molecule has 0 aliphatic rings. The maximum Gasteiger partial charge on any atom is 0.191 e. The zero-order chi connectivity index (χ0) is 22.8. The predicted octanol–water partition coefficient (Wildman–Crippen LogP) is 4.39. The second-order valence-corrected chi connectivity index (χ2v) is 7.35. The van der Waals surface area contributed by atoms with Crippen LogP contribution in [0.5, 0.6) is 11.5 Å². The Labute approximate surface area is 213 Å². The highest BCUT2D eigenvalue weighted by Crippen LogP contribution is 2.30. The highest BCUT2D eigenvalue weighted by molar-refractivity contribution is 14.0. The van der Waals surface area contributed by atoms with Crippen molar-refractivity contribution in [3.8, 4) is 11.5 Å². The van der Waals surface area contributed by atoms with Crippen molar-refractivity contribution in [3.05, 3.63) is 54.0 Å². The van der Waals surface area contributed by atoms with Crippen LogP contribution in [0.4, 0.5) is 0 Å². The summed E-state index contributed by atoms with van der Waals surface area (Å²) in [6, 6.07) is 12.0. The number of aliphatic imine (C=N–C) groups is 1. The number of pyridine rings is 1. The summed E-state index contributed by atoms with van der Waals surface area (Å²) in [5, 5.41) is 15.3. The molecule has 3 aromatic rings.